The van der Waals surface area contributed by atoms with E-state index in [4.69, 9.17) is 0 Å². The van der Waals surface area contributed by atoms with Crippen molar-refractivity contribution in [1.29, 1.82) is 0 Å². The SMILES string of the molecule is CCCCCCC(C)N1C(=O)CNC1CC(C)C. The van der Waals surface area contributed by atoms with E-state index in [9.17, 15) is 4.79 Å². The second-order valence-electron chi connectivity index (χ2n) is 6.03. The van der Waals surface area contributed by atoms with Gasteiger partial charge in [0.1, 0.15) is 0 Å². The van der Waals surface area contributed by atoms with Gasteiger partial charge in [-0.05, 0) is 25.7 Å². The van der Waals surface area contributed by atoms with Crippen molar-refractivity contribution in [1.82, 2.24) is 10.2 Å². The van der Waals surface area contributed by atoms with E-state index >= 15 is 0 Å². The highest BCUT2D eigenvalue weighted by atomic mass is 16.2. The lowest BCUT2D eigenvalue weighted by Crippen LogP contribution is -2.44. The van der Waals surface area contributed by atoms with E-state index in [0.29, 0.717) is 18.5 Å². The van der Waals surface area contributed by atoms with Crippen molar-refractivity contribution in [3.05, 3.63) is 0 Å². The average Bonchev–Trinajstić information content (AvgIpc) is 2.65. The topological polar surface area (TPSA) is 32.3 Å². The van der Waals surface area contributed by atoms with E-state index in [1.165, 1.54) is 25.7 Å². The Morgan fingerprint density at radius 2 is 2.00 bits per heavy atom. The van der Waals surface area contributed by atoms with E-state index in [0.717, 1.165) is 12.8 Å². The lowest BCUT2D eigenvalue weighted by Gasteiger charge is -2.31. The normalized spacial score (nSPS) is 21.9. The van der Waals surface area contributed by atoms with E-state index < -0.39 is 0 Å². The number of carbonyl (C=O) groups excluding carboxylic acids is 1. The minimum atomic E-state index is 0.263. The maximum Gasteiger partial charge on any atom is 0.238 e. The molecular weight excluding hydrogens is 224 g/mol. The van der Waals surface area contributed by atoms with Gasteiger partial charge in [0.15, 0.2) is 0 Å². The highest BCUT2D eigenvalue weighted by molar-refractivity contribution is 5.80. The van der Waals surface area contributed by atoms with Crippen LogP contribution >= 0.6 is 0 Å². The van der Waals surface area contributed by atoms with Crippen molar-refractivity contribution in [3.8, 4) is 0 Å². The Balaban J connectivity index is 2.41. The van der Waals surface area contributed by atoms with E-state index in [1.54, 1.807) is 0 Å². The van der Waals surface area contributed by atoms with Gasteiger partial charge in [0.2, 0.25) is 5.91 Å². The molecule has 0 aromatic carbocycles. The van der Waals surface area contributed by atoms with Gasteiger partial charge in [0, 0.05) is 6.04 Å². The Kier molecular flexibility index (Phi) is 6.69. The number of rotatable bonds is 8. The minimum absolute atomic E-state index is 0.263. The zero-order valence-corrected chi connectivity index (χ0v) is 12.5. The van der Waals surface area contributed by atoms with Crippen LogP contribution in [0.15, 0.2) is 0 Å². The van der Waals surface area contributed by atoms with Gasteiger partial charge in [-0.1, -0.05) is 46.5 Å². The van der Waals surface area contributed by atoms with Crippen LogP contribution in [0.2, 0.25) is 0 Å². The molecular formula is C15H30N2O. The molecule has 1 saturated heterocycles. The first kappa shape index (κ1) is 15.5. The van der Waals surface area contributed by atoms with Crippen molar-refractivity contribution in [2.24, 2.45) is 5.92 Å². The minimum Gasteiger partial charge on any atom is -0.323 e. The first-order valence-electron chi connectivity index (χ1n) is 7.60. The number of nitrogens with zero attached hydrogens (tertiary/aromatic N) is 1. The molecule has 1 amide bonds. The second kappa shape index (κ2) is 7.78. The molecule has 0 bridgehead atoms. The van der Waals surface area contributed by atoms with Gasteiger partial charge in [-0.25, -0.2) is 0 Å². The molecule has 0 spiro atoms. The number of hydrogen-bond donors (Lipinski definition) is 1. The van der Waals surface area contributed by atoms with Crippen LogP contribution in [0.25, 0.3) is 0 Å². The summed E-state index contributed by atoms with van der Waals surface area (Å²) < 4.78 is 0. The number of nitrogens with one attached hydrogen (secondary N) is 1. The third-order valence-corrected chi connectivity index (χ3v) is 3.76. The molecule has 0 saturated carbocycles. The second-order valence-corrected chi connectivity index (χ2v) is 6.03. The largest absolute Gasteiger partial charge is 0.323 e. The van der Waals surface area contributed by atoms with Crippen molar-refractivity contribution >= 4 is 5.91 Å². The molecule has 1 N–H and O–H groups in total. The fourth-order valence-corrected chi connectivity index (χ4v) is 2.77. The Labute approximate surface area is 112 Å². The van der Waals surface area contributed by atoms with Gasteiger partial charge in [0.25, 0.3) is 0 Å². The summed E-state index contributed by atoms with van der Waals surface area (Å²) in [5, 5.41) is 3.35. The van der Waals surface area contributed by atoms with Gasteiger partial charge in [-0.2, -0.15) is 0 Å². The summed E-state index contributed by atoms with van der Waals surface area (Å²) >= 11 is 0. The summed E-state index contributed by atoms with van der Waals surface area (Å²) in [7, 11) is 0. The maximum atomic E-state index is 12.0. The molecule has 1 aliphatic heterocycles. The highest BCUT2D eigenvalue weighted by Gasteiger charge is 2.33. The molecule has 106 valence electrons. The summed E-state index contributed by atoms with van der Waals surface area (Å²) in [4.78, 5) is 14.0. The Bertz CT molecular complexity index is 253. The Morgan fingerprint density at radius 3 is 2.61 bits per heavy atom. The van der Waals surface area contributed by atoms with E-state index in [2.05, 4.69) is 37.9 Å². The van der Waals surface area contributed by atoms with Gasteiger partial charge >= 0.3 is 0 Å². The van der Waals surface area contributed by atoms with Crippen LogP contribution in [0.4, 0.5) is 0 Å². The van der Waals surface area contributed by atoms with Crippen LogP contribution in [-0.4, -0.2) is 29.6 Å². The monoisotopic (exact) mass is 254 g/mol. The Morgan fingerprint density at radius 1 is 1.28 bits per heavy atom. The third-order valence-electron chi connectivity index (χ3n) is 3.76. The summed E-state index contributed by atoms with van der Waals surface area (Å²) in [5.41, 5.74) is 0. The third kappa shape index (κ3) is 4.60. The number of unbranched alkanes of at least 4 members (excludes halogenated alkanes) is 3. The molecule has 1 fully saturated rings. The lowest BCUT2D eigenvalue weighted by atomic mass is 10.0. The first-order valence-corrected chi connectivity index (χ1v) is 7.60. The van der Waals surface area contributed by atoms with Crippen LogP contribution in [-0.2, 0) is 4.79 Å². The fourth-order valence-electron chi connectivity index (χ4n) is 2.77. The van der Waals surface area contributed by atoms with E-state index in [1.807, 2.05) is 0 Å². The predicted molar refractivity (Wildman–Crippen MR) is 76.3 cm³/mol. The van der Waals surface area contributed by atoms with Gasteiger partial charge < -0.3 is 4.90 Å². The summed E-state index contributed by atoms with van der Waals surface area (Å²) in [6, 6.07) is 0.383. The number of carbonyl (C=O) groups is 1. The molecule has 18 heavy (non-hydrogen) atoms. The zero-order valence-electron chi connectivity index (χ0n) is 12.5. The maximum absolute atomic E-state index is 12.0. The van der Waals surface area contributed by atoms with Crippen LogP contribution in [0.3, 0.4) is 0 Å². The summed E-state index contributed by atoms with van der Waals surface area (Å²) in [5.74, 6) is 0.909. The van der Waals surface area contributed by atoms with Crippen LogP contribution in [0.5, 0.6) is 0 Å². The molecule has 0 aliphatic carbocycles. The standard InChI is InChI=1S/C15H30N2O/c1-5-6-7-8-9-13(4)17-14(10-12(2)3)16-11-15(17)18/h12-14,16H,5-11H2,1-4H3. The fraction of sp³-hybridized carbons (Fsp3) is 0.933. The zero-order chi connectivity index (χ0) is 13.5. The van der Waals surface area contributed by atoms with Gasteiger partial charge in [-0.15, -0.1) is 0 Å². The van der Waals surface area contributed by atoms with Crippen LogP contribution in [0, 0.1) is 5.92 Å². The molecule has 1 aliphatic rings. The molecule has 0 aromatic heterocycles. The summed E-state index contributed by atoms with van der Waals surface area (Å²) in [6.45, 7) is 9.39. The molecule has 0 radical (unpaired) electrons. The Hall–Kier alpha value is -0.570. The summed E-state index contributed by atoms with van der Waals surface area (Å²) in [6.07, 6.45) is 7.59. The number of hydrogen-bond acceptors (Lipinski definition) is 2. The average molecular weight is 254 g/mol. The molecule has 3 heteroatoms. The first-order chi connectivity index (χ1) is 8.56. The molecule has 1 rings (SSSR count). The lowest BCUT2D eigenvalue weighted by molar-refractivity contribution is -0.130. The number of amides is 1. The molecule has 0 aromatic rings. The highest BCUT2D eigenvalue weighted by Crippen LogP contribution is 2.20. The molecule has 3 nitrogen and oxygen atoms in total. The van der Waals surface area contributed by atoms with Crippen molar-refractivity contribution in [2.75, 3.05) is 6.54 Å². The van der Waals surface area contributed by atoms with Crippen molar-refractivity contribution in [2.45, 2.75) is 78.4 Å². The molecule has 1 heterocycles. The van der Waals surface area contributed by atoms with Gasteiger partial charge in [0.05, 0.1) is 12.7 Å². The quantitative estimate of drug-likeness (QED) is 0.675. The molecule has 2 unspecified atom stereocenters. The van der Waals surface area contributed by atoms with E-state index in [-0.39, 0.29) is 12.1 Å². The predicted octanol–water partition coefficient (Wildman–Crippen LogP) is 3.15. The van der Waals surface area contributed by atoms with Crippen molar-refractivity contribution < 1.29 is 4.79 Å². The van der Waals surface area contributed by atoms with Crippen LogP contribution < -0.4 is 5.32 Å². The van der Waals surface area contributed by atoms with Gasteiger partial charge in [-0.3, -0.25) is 10.1 Å². The molecule has 2 atom stereocenters. The van der Waals surface area contributed by atoms with Crippen molar-refractivity contribution in [3.63, 3.8) is 0 Å². The smallest absolute Gasteiger partial charge is 0.238 e. The van der Waals surface area contributed by atoms with Crippen LogP contribution in [0.1, 0.15) is 66.2 Å².